The summed E-state index contributed by atoms with van der Waals surface area (Å²) >= 11 is 0. The van der Waals surface area contributed by atoms with Crippen molar-refractivity contribution >= 4 is 5.97 Å². The van der Waals surface area contributed by atoms with Gasteiger partial charge in [-0.1, -0.05) is 19.8 Å². The van der Waals surface area contributed by atoms with Crippen LogP contribution in [-0.4, -0.2) is 11.6 Å². The van der Waals surface area contributed by atoms with Crippen LogP contribution >= 0.6 is 0 Å². The highest BCUT2D eigenvalue weighted by molar-refractivity contribution is 5.76. The summed E-state index contributed by atoms with van der Waals surface area (Å²) in [4.78, 5) is 11.6. The lowest BCUT2D eigenvalue weighted by atomic mass is 10.1. The van der Waals surface area contributed by atoms with Gasteiger partial charge in [0.15, 0.2) is 0 Å². The quantitative estimate of drug-likeness (QED) is 0.649. The third kappa shape index (κ3) is 3.69. The van der Waals surface area contributed by atoms with Gasteiger partial charge in [-0.25, -0.2) is 0 Å². The van der Waals surface area contributed by atoms with Crippen LogP contribution in [0, 0.1) is 11.8 Å². The van der Waals surface area contributed by atoms with Crippen molar-refractivity contribution in [2.24, 2.45) is 11.8 Å². The third-order valence-electron chi connectivity index (χ3n) is 2.56. The van der Waals surface area contributed by atoms with E-state index in [9.17, 15) is 4.79 Å². The fourth-order valence-electron chi connectivity index (χ4n) is 1.70. The van der Waals surface area contributed by atoms with Crippen LogP contribution in [0.4, 0.5) is 0 Å². The van der Waals surface area contributed by atoms with Crippen LogP contribution in [0.1, 0.15) is 53.4 Å². The minimum Gasteiger partial charge on any atom is -0.460 e. The van der Waals surface area contributed by atoms with Crippen molar-refractivity contribution in [3.8, 4) is 0 Å². The first-order valence-electron chi connectivity index (χ1n) is 5.67. The average molecular weight is 198 g/mol. The first kappa shape index (κ1) is 11.5. The molecule has 0 aromatic heterocycles. The molecular weight excluding hydrogens is 176 g/mol. The van der Waals surface area contributed by atoms with Gasteiger partial charge < -0.3 is 4.74 Å². The topological polar surface area (TPSA) is 26.3 Å². The second-order valence-corrected chi connectivity index (χ2v) is 5.28. The maximum atomic E-state index is 11.6. The van der Waals surface area contributed by atoms with E-state index < -0.39 is 0 Å². The predicted octanol–water partition coefficient (Wildman–Crippen LogP) is 3.15. The number of hydrogen-bond acceptors (Lipinski definition) is 2. The number of rotatable bonds is 4. The molecule has 0 saturated heterocycles. The summed E-state index contributed by atoms with van der Waals surface area (Å²) in [7, 11) is 0. The minimum absolute atomic E-state index is 0.0126. The summed E-state index contributed by atoms with van der Waals surface area (Å²) in [6.07, 6.45) is 4.71. The standard InChI is InChI=1S/C12H22O2/c1-5-6-7-9-8-10(9)11(13)14-12(2,3)4/h9-10H,5-8H2,1-4H3. The van der Waals surface area contributed by atoms with Crippen molar-refractivity contribution in [2.45, 2.75) is 59.0 Å². The van der Waals surface area contributed by atoms with Gasteiger partial charge in [0.05, 0.1) is 5.92 Å². The molecule has 2 heteroatoms. The Morgan fingerprint density at radius 3 is 2.57 bits per heavy atom. The van der Waals surface area contributed by atoms with Gasteiger partial charge in [-0.2, -0.15) is 0 Å². The first-order valence-corrected chi connectivity index (χ1v) is 5.67. The number of unbranched alkanes of at least 4 members (excludes halogenated alkanes) is 1. The Kier molecular flexibility index (Phi) is 3.57. The summed E-state index contributed by atoms with van der Waals surface area (Å²) in [6.45, 7) is 7.96. The molecule has 0 radical (unpaired) electrons. The summed E-state index contributed by atoms with van der Waals surface area (Å²) in [5, 5.41) is 0. The largest absolute Gasteiger partial charge is 0.460 e. The highest BCUT2D eigenvalue weighted by Crippen LogP contribution is 2.43. The zero-order valence-corrected chi connectivity index (χ0v) is 9.80. The van der Waals surface area contributed by atoms with Crippen LogP contribution in [0.15, 0.2) is 0 Å². The molecule has 0 N–H and O–H groups in total. The van der Waals surface area contributed by atoms with Gasteiger partial charge >= 0.3 is 5.97 Å². The number of hydrogen-bond donors (Lipinski definition) is 0. The Morgan fingerprint density at radius 2 is 2.07 bits per heavy atom. The van der Waals surface area contributed by atoms with Gasteiger partial charge in [-0.3, -0.25) is 4.79 Å². The highest BCUT2D eigenvalue weighted by Gasteiger charge is 2.44. The zero-order valence-electron chi connectivity index (χ0n) is 9.80. The molecule has 2 unspecified atom stereocenters. The monoisotopic (exact) mass is 198 g/mol. The van der Waals surface area contributed by atoms with E-state index in [4.69, 9.17) is 4.74 Å². The van der Waals surface area contributed by atoms with E-state index >= 15 is 0 Å². The molecule has 14 heavy (non-hydrogen) atoms. The zero-order chi connectivity index (χ0) is 10.8. The Bertz CT molecular complexity index is 203. The summed E-state index contributed by atoms with van der Waals surface area (Å²) < 4.78 is 5.33. The van der Waals surface area contributed by atoms with E-state index in [0.717, 1.165) is 6.42 Å². The molecule has 82 valence electrons. The molecule has 1 fully saturated rings. The Hall–Kier alpha value is -0.530. The normalized spacial score (nSPS) is 26.0. The molecule has 1 saturated carbocycles. The van der Waals surface area contributed by atoms with Crippen molar-refractivity contribution < 1.29 is 9.53 Å². The van der Waals surface area contributed by atoms with E-state index in [0.29, 0.717) is 5.92 Å². The molecule has 0 heterocycles. The lowest BCUT2D eigenvalue weighted by Crippen LogP contribution is -2.25. The summed E-state index contributed by atoms with van der Waals surface area (Å²) in [5.41, 5.74) is -0.324. The molecular formula is C12H22O2. The second kappa shape index (κ2) is 4.33. The molecule has 0 amide bonds. The van der Waals surface area contributed by atoms with E-state index in [1.807, 2.05) is 20.8 Å². The molecule has 0 aliphatic heterocycles. The Morgan fingerprint density at radius 1 is 1.43 bits per heavy atom. The smallest absolute Gasteiger partial charge is 0.309 e. The van der Waals surface area contributed by atoms with Crippen molar-refractivity contribution in [3.63, 3.8) is 0 Å². The number of ether oxygens (including phenoxy) is 1. The van der Waals surface area contributed by atoms with Gasteiger partial charge in [-0.15, -0.1) is 0 Å². The SMILES string of the molecule is CCCCC1CC1C(=O)OC(C)(C)C. The maximum absolute atomic E-state index is 11.6. The Balaban J connectivity index is 2.22. The van der Waals surface area contributed by atoms with Crippen molar-refractivity contribution in [1.29, 1.82) is 0 Å². The lowest BCUT2D eigenvalue weighted by molar-refractivity contribution is -0.156. The highest BCUT2D eigenvalue weighted by atomic mass is 16.6. The van der Waals surface area contributed by atoms with E-state index in [-0.39, 0.29) is 17.5 Å². The number of carbonyl (C=O) groups is 1. The minimum atomic E-state index is -0.324. The molecule has 1 aliphatic rings. The van der Waals surface area contributed by atoms with Crippen LogP contribution < -0.4 is 0 Å². The van der Waals surface area contributed by atoms with Gasteiger partial charge in [0, 0.05) is 0 Å². The Labute approximate surface area is 87.0 Å². The number of carbonyl (C=O) groups excluding carboxylic acids is 1. The van der Waals surface area contributed by atoms with Crippen LogP contribution in [-0.2, 0) is 9.53 Å². The molecule has 0 bridgehead atoms. The first-order chi connectivity index (χ1) is 6.44. The van der Waals surface area contributed by atoms with Crippen LogP contribution in [0.2, 0.25) is 0 Å². The fourth-order valence-corrected chi connectivity index (χ4v) is 1.70. The van der Waals surface area contributed by atoms with E-state index in [1.165, 1.54) is 19.3 Å². The van der Waals surface area contributed by atoms with Crippen molar-refractivity contribution in [1.82, 2.24) is 0 Å². The van der Waals surface area contributed by atoms with E-state index in [2.05, 4.69) is 6.92 Å². The number of esters is 1. The third-order valence-corrected chi connectivity index (χ3v) is 2.56. The van der Waals surface area contributed by atoms with Crippen LogP contribution in [0.5, 0.6) is 0 Å². The molecule has 1 rings (SSSR count). The average Bonchev–Trinajstić information content (AvgIpc) is 2.76. The second-order valence-electron chi connectivity index (χ2n) is 5.28. The molecule has 1 aliphatic carbocycles. The molecule has 2 atom stereocenters. The summed E-state index contributed by atoms with van der Waals surface area (Å²) in [5.74, 6) is 0.837. The van der Waals surface area contributed by atoms with Gasteiger partial charge in [-0.05, 0) is 39.5 Å². The molecule has 0 aromatic rings. The fraction of sp³-hybridized carbons (Fsp3) is 0.917. The maximum Gasteiger partial charge on any atom is 0.309 e. The summed E-state index contributed by atoms with van der Waals surface area (Å²) in [6, 6.07) is 0. The van der Waals surface area contributed by atoms with E-state index in [1.54, 1.807) is 0 Å². The van der Waals surface area contributed by atoms with Crippen LogP contribution in [0.3, 0.4) is 0 Å². The van der Waals surface area contributed by atoms with Crippen molar-refractivity contribution in [3.05, 3.63) is 0 Å². The molecule has 2 nitrogen and oxygen atoms in total. The van der Waals surface area contributed by atoms with Gasteiger partial charge in [0.1, 0.15) is 5.60 Å². The lowest BCUT2D eigenvalue weighted by Gasteiger charge is -2.19. The van der Waals surface area contributed by atoms with Gasteiger partial charge in [0.2, 0.25) is 0 Å². The van der Waals surface area contributed by atoms with Gasteiger partial charge in [0.25, 0.3) is 0 Å². The van der Waals surface area contributed by atoms with Crippen molar-refractivity contribution in [2.75, 3.05) is 0 Å². The van der Waals surface area contributed by atoms with Crippen LogP contribution in [0.25, 0.3) is 0 Å². The molecule has 0 aromatic carbocycles. The predicted molar refractivity (Wildman–Crippen MR) is 57.0 cm³/mol. The molecule has 0 spiro atoms.